The lowest BCUT2D eigenvalue weighted by molar-refractivity contribution is -0.114. The van der Waals surface area contributed by atoms with Crippen molar-refractivity contribution < 1.29 is 13.6 Å². The highest BCUT2D eigenvalue weighted by atomic mass is 19.1. The second-order valence-corrected chi connectivity index (χ2v) is 9.80. The van der Waals surface area contributed by atoms with E-state index in [0.717, 1.165) is 38.2 Å². The third-order valence-electron chi connectivity index (χ3n) is 7.18. The van der Waals surface area contributed by atoms with Crippen LogP contribution in [-0.4, -0.2) is 40.2 Å². The second kappa shape index (κ2) is 11.2. The molecule has 5 rings (SSSR count). The summed E-state index contributed by atoms with van der Waals surface area (Å²) in [5.74, 6) is -1.07. The molecule has 0 spiro atoms. The van der Waals surface area contributed by atoms with Crippen molar-refractivity contribution in [1.29, 1.82) is 0 Å². The number of halogens is 2. The van der Waals surface area contributed by atoms with Gasteiger partial charge in [-0.2, -0.15) is 5.10 Å². The van der Waals surface area contributed by atoms with Crippen molar-refractivity contribution in [1.82, 2.24) is 14.7 Å². The van der Waals surface area contributed by atoms with Gasteiger partial charge in [-0.05, 0) is 80.7 Å². The highest BCUT2D eigenvalue weighted by Crippen LogP contribution is 2.31. The molecule has 1 aromatic heterocycles. The summed E-state index contributed by atoms with van der Waals surface area (Å²) in [7, 11) is 0. The van der Waals surface area contributed by atoms with Gasteiger partial charge < -0.3 is 10.2 Å². The first-order valence-electron chi connectivity index (χ1n) is 12.9. The lowest BCUT2D eigenvalue weighted by Gasteiger charge is -2.32. The molecule has 6 nitrogen and oxygen atoms in total. The van der Waals surface area contributed by atoms with E-state index >= 15 is 0 Å². The molecule has 1 aliphatic heterocycles. The number of fused-ring (bicyclic) bond motifs is 1. The van der Waals surface area contributed by atoms with Crippen LogP contribution in [-0.2, 0) is 11.3 Å². The maximum absolute atomic E-state index is 14.6. The van der Waals surface area contributed by atoms with E-state index in [4.69, 9.17) is 0 Å². The maximum Gasteiger partial charge on any atom is 0.274 e. The number of aromatic nitrogens is 2. The van der Waals surface area contributed by atoms with E-state index in [0.29, 0.717) is 29.7 Å². The van der Waals surface area contributed by atoms with Crippen molar-refractivity contribution >= 4 is 22.4 Å². The number of hydrogen-bond donors (Lipinski definition) is 1. The van der Waals surface area contributed by atoms with E-state index in [1.165, 1.54) is 35.4 Å². The molecule has 0 atom stereocenters. The van der Waals surface area contributed by atoms with Crippen LogP contribution in [0.5, 0.6) is 0 Å². The van der Waals surface area contributed by atoms with Crippen LogP contribution < -0.4 is 10.9 Å². The van der Waals surface area contributed by atoms with E-state index in [-0.39, 0.29) is 22.7 Å². The van der Waals surface area contributed by atoms with Crippen molar-refractivity contribution in [2.75, 3.05) is 25.0 Å². The van der Waals surface area contributed by atoms with Crippen LogP contribution in [0.4, 0.5) is 14.5 Å². The fraction of sp³-hybridized carbons (Fsp3) is 0.300. The Morgan fingerprint density at radius 1 is 0.947 bits per heavy atom. The summed E-state index contributed by atoms with van der Waals surface area (Å²) < 4.78 is 30.6. The Labute approximate surface area is 219 Å². The van der Waals surface area contributed by atoms with Crippen molar-refractivity contribution in [2.45, 2.75) is 38.6 Å². The Hall–Kier alpha value is -3.91. The molecule has 1 amide bonds. The molecule has 0 saturated carbocycles. The molecule has 1 aliphatic rings. The summed E-state index contributed by atoms with van der Waals surface area (Å²) in [6, 6.07) is 18.6. The molecule has 0 bridgehead atoms. The normalized spacial score (nSPS) is 14.6. The fourth-order valence-corrected chi connectivity index (χ4v) is 5.30. The summed E-state index contributed by atoms with van der Waals surface area (Å²) in [6.45, 7) is 4.52. The zero-order valence-electron chi connectivity index (χ0n) is 21.3. The minimum Gasteiger partial charge on any atom is -0.326 e. The van der Waals surface area contributed by atoms with Gasteiger partial charge >= 0.3 is 0 Å². The van der Waals surface area contributed by atoms with Crippen LogP contribution in [0.25, 0.3) is 22.0 Å². The molecule has 8 heteroatoms. The average Bonchev–Trinajstić information content (AvgIpc) is 2.91. The quantitative estimate of drug-likeness (QED) is 0.349. The van der Waals surface area contributed by atoms with Gasteiger partial charge in [0.1, 0.15) is 17.3 Å². The Bertz CT molecular complexity index is 1510. The number of benzene rings is 3. The highest BCUT2D eigenvalue weighted by molar-refractivity contribution is 5.94. The maximum atomic E-state index is 14.6. The van der Waals surface area contributed by atoms with Crippen LogP contribution >= 0.6 is 0 Å². The van der Waals surface area contributed by atoms with E-state index in [2.05, 4.69) is 27.4 Å². The molecule has 1 fully saturated rings. The predicted octanol–water partition coefficient (Wildman–Crippen LogP) is 5.57. The third kappa shape index (κ3) is 5.50. The number of piperidine rings is 1. The van der Waals surface area contributed by atoms with E-state index in [9.17, 15) is 18.4 Å². The van der Waals surface area contributed by atoms with Gasteiger partial charge in [-0.3, -0.25) is 9.59 Å². The topological polar surface area (TPSA) is 67.2 Å². The Morgan fingerprint density at radius 3 is 2.34 bits per heavy atom. The summed E-state index contributed by atoms with van der Waals surface area (Å²) >= 11 is 0. The number of carbonyl (C=O) groups excluding carboxylic acids is 1. The lowest BCUT2D eigenvalue weighted by atomic mass is 9.89. The Kier molecular flexibility index (Phi) is 7.60. The summed E-state index contributed by atoms with van der Waals surface area (Å²) in [5, 5.41) is 8.10. The summed E-state index contributed by atoms with van der Waals surface area (Å²) in [5.41, 5.74) is 1.70. The van der Waals surface area contributed by atoms with Crippen molar-refractivity contribution in [2.24, 2.45) is 0 Å². The largest absolute Gasteiger partial charge is 0.326 e. The smallest absolute Gasteiger partial charge is 0.274 e. The van der Waals surface area contributed by atoms with Crippen LogP contribution in [0, 0.1) is 11.6 Å². The molecule has 3 aromatic carbocycles. The minimum absolute atomic E-state index is 0.0804. The monoisotopic (exact) mass is 516 g/mol. The van der Waals surface area contributed by atoms with E-state index in [1.807, 2.05) is 12.1 Å². The zero-order valence-corrected chi connectivity index (χ0v) is 21.3. The van der Waals surface area contributed by atoms with Gasteiger partial charge in [-0.25, -0.2) is 13.5 Å². The SMILES string of the molecule is CC(=O)Nc1cccc(C2CCN(CCCn3nc(-c4c(F)cccc4F)c4ccccc4c3=O)CC2)c1. The minimum atomic E-state index is -0.710. The second-order valence-electron chi connectivity index (χ2n) is 9.80. The zero-order chi connectivity index (χ0) is 26.6. The molecule has 0 radical (unpaired) electrons. The summed E-state index contributed by atoms with van der Waals surface area (Å²) in [6.07, 6.45) is 2.70. The van der Waals surface area contributed by atoms with Gasteiger partial charge in [-0.1, -0.05) is 36.4 Å². The first kappa shape index (κ1) is 25.7. The molecule has 38 heavy (non-hydrogen) atoms. The number of aryl methyl sites for hydroxylation is 1. The number of nitrogens with zero attached hydrogens (tertiary/aromatic N) is 3. The first-order valence-corrected chi connectivity index (χ1v) is 12.9. The molecule has 1 N–H and O–H groups in total. The molecule has 1 saturated heterocycles. The van der Waals surface area contributed by atoms with Crippen LogP contribution in [0.1, 0.15) is 37.7 Å². The molecule has 2 heterocycles. The molecule has 0 aliphatic carbocycles. The number of amides is 1. The van der Waals surface area contributed by atoms with Crippen LogP contribution in [0.2, 0.25) is 0 Å². The molecular weight excluding hydrogens is 486 g/mol. The number of anilines is 1. The van der Waals surface area contributed by atoms with Crippen LogP contribution in [0.15, 0.2) is 71.5 Å². The van der Waals surface area contributed by atoms with Gasteiger partial charge in [0.05, 0.1) is 10.9 Å². The highest BCUT2D eigenvalue weighted by Gasteiger charge is 2.22. The summed E-state index contributed by atoms with van der Waals surface area (Å²) in [4.78, 5) is 26.9. The standard InChI is InChI=1S/C30H30F2N4O2/c1-20(37)33-23-8-4-7-22(19-23)21-13-17-35(18-14-21)15-6-16-36-30(38)25-10-3-2-9-24(25)29(34-36)28-26(31)11-5-12-27(28)32/h2-5,7-12,19,21H,6,13-18H2,1H3,(H,33,37). The fourth-order valence-electron chi connectivity index (χ4n) is 5.30. The van der Waals surface area contributed by atoms with E-state index < -0.39 is 11.6 Å². The van der Waals surface area contributed by atoms with Crippen molar-refractivity contribution in [3.05, 3.63) is 94.3 Å². The van der Waals surface area contributed by atoms with Gasteiger partial charge in [0.25, 0.3) is 5.56 Å². The molecular formula is C30H30F2N4O2. The Balaban J connectivity index is 1.26. The van der Waals surface area contributed by atoms with Gasteiger partial charge in [-0.15, -0.1) is 0 Å². The Morgan fingerprint density at radius 2 is 1.63 bits per heavy atom. The predicted molar refractivity (Wildman–Crippen MR) is 145 cm³/mol. The van der Waals surface area contributed by atoms with Gasteiger partial charge in [0.15, 0.2) is 0 Å². The van der Waals surface area contributed by atoms with Crippen molar-refractivity contribution in [3.8, 4) is 11.3 Å². The molecule has 4 aromatic rings. The number of carbonyl (C=O) groups is 1. The molecule has 196 valence electrons. The van der Waals surface area contributed by atoms with E-state index in [1.54, 1.807) is 24.3 Å². The van der Waals surface area contributed by atoms with Crippen molar-refractivity contribution in [3.63, 3.8) is 0 Å². The van der Waals surface area contributed by atoms with Crippen LogP contribution in [0.3, 0.4) is 0 Å². The number of nitrogens with one attached hydrogen (secondary N) is 1. The third-order valence-corrected chi connectivity index (χ3v) is 7.18. The first-order chi connectivity index (χ1) is 18.4. The number of hydrogen-bond acceptors (Lipinski definition) is 4. The van der Waals surface area contributed by atoms with Gasteiger partial charge in [0, 0.05) is 24.5 Å². The number of likely N-dealkylation sites (tertiary alicyclic amines) is 1. The average molecular weight is 517 g/mol. The van der Waals surface area contributed by atoms with Gasteiger partial charge in [0.2, 0.25) is 5.91 Å². The number of rotatable bonds is 7. The lowest BCUT2D eigenvalue weighted by Crippen LogP contribution is -2.34. The molecule has 0 unspecified atom stereocenters.